The Morgan fingerprint density at radius 3 is 2.81 bits per heavy atom. The van der Waals surface area contributed by atoms with Gasteiger partial charge < -0.3 is 5.73 Å². The second kappa shape index (κ2) is 4.36. The average Bonchev–Trinajstić information content (AvgIpc) is 2.69. The van der Waals surface area contributed by atoms with E-state index in [1.165, 1.54) is 23.1 Å². The maximum absolute atomic E-state index is 13.3. The van der Waals surface area contributed by atoms with Gasteiger partial charge >= 0.3 is 0 Å². The van der Waals surface area contributed by atoms with Crippen LogP contribution in [-0.4, -0.2) is 14.8 Å². The van der Waals surface area contributed by atoms with Crippen molar-refractivity contribution < 1.29 is 8.78 Å². The van der Waals surface area contributed by atoms with Crippen LogP contribution in [0.4, 0.5) is 8.78 Å². The van der Waals surface area contributed by atoms with Crippen LogP contribution < -0.4 is 5.73 Å². The molecule has 1 aromatic carbocycles. The largest absolute Gasteiger partial charge is 0.324 e. The van der Waals surface area contributed by atoms with Gasteiger partial charge in [0.1, 0.15) is 23.8 Å². The molecule has 1 heterocycles. The van der Waals surface area contributed by atoms with Gasteiger partial charge in [-0.05, 0) is 6.07 Å². The van der Waals surface area contributed by atoms with E-state index in [-0.39, 0.29) is 13.1 Å². The lowest BCUT2D eigenvalue weighted by molar-refractivity contribution is 0.552. The zero-order valence-corrected chi connectivity index (χ0v) is 8.40. The summed E-state index contributed by atoms with van der Waals surface area (Å²) in [5.74, 6) is -0.638. The first-order valence-electron chi connectivity index (χ1n) is 4.71. The first-order chi connectivity index (χ1) is 7.70. The number of halogens is 2. The fraction of sp³-hybridized carbons (Fsp3) is 0.200. The molecule has 0 unspecified atom stereocenters. The Balaban J connectivity index is 2.27. The number of nitrogens with zero attached hydrogens (tertiary/aromatic N) is 3. The van der Waals surface area contributed by atoms with Crippen LogP contribution in [0, 0.1) is 11.6 Å². The van der Waals surface area contributed by atoms with Crippen LogP contribution in [0.15, 0.2) is 24.5 Å². The Morgan fingerprint density at radius 2 is 2.12 bits per heavy atom. The quantitative estimate of drug-likeness (QED) is 0.848. The van der Waals surface area contributed by atoms with Gasteiger partial charge in [0.2, 0.25) is 0 Å². The summed E-state index contributed by atoms with van der Waals surface area (Å²) in [5, 5.41) is 3.91. The van der Waals surface area contributed by atoms with E-state index < -0.39 is 11.6 Å². The highest BCUT2D eigenvalue weighted by molar-refractivity contribution is 5.18. The molecule has 2 N–H and O–H groups in total. The maximum Gasteiger partial charge on any atom is 0.140 e. The third-order valence-electron chi connectivity index (χ3n) is 2.21. The Morgan fingerprint density at radius 1 is 1.31 bits per heavy atom. The molecule has 0 saturated heterocycles. The van der Waals surface area contributed by atoms with Gasteiger partial charge in [-0.3, -0.25) is 0 Å². The molecule has 2 aromatic rings. The van der Waals surface area contributed by atoms with Gasteiger partial charge in [-0.1, -0.05) is 6.07 Å². The third kappa shape index (κ3) is 2.06. The van der Waals surface area contributed by atoms with E-state index in [9.17, 15) is 8.78 Å². The summed E-state index contributed by atoms with van der Waals surface area (Å²) < 4.78 is 27.5. The van der Waals surface area contributed by atoms with Gasteiger partial charge in [0.25, 0.3) is 0 Å². The summed E-state index contributed by atoms with van der Waals surface area (Å²) in [4.78, 5) is 3.91. The summed E-state index contributed by atoms with van der Waals surface area (Å²) in [6.07, 6.45) is 1.35. The molecule has 4 nitrogen and oxygen atoms in total. The first-order valence-corrected chi connectivity index (χ1v) is 4.71. The topological polar surface area (TPSA) is 56.7 Å². The number of benzene rings is 1. The second-order valence-corrected chi connectivity index (χ2v) is 3.27. The van der Waals surface area contributed by atoms with Crippen LogP contribution in [0.1, 0.15) is 11.4 Å². The summed E-state index contributed by atoms with van der Waals surface area (Å²) in [7, 11) is 0. The predicted molar refractivity (Wildman–Crippen MR) is 53.4 cm³/mol. The smallest absolute Gasteiger partial charge is 0.140 e. The van der Waals surface area contributed by atoms with Crippen molar-refractivity contribution in [2.45, 2.75) is 13.1 Å². The number of aromatic nitrogens is 3. The van der Waals surface area contributed by atoms with Crippen molar-refractivity contribution >= 4 is 0 Å². The van der Waals surface area contributed by atoms with Gasteiger partial charge in [-0.25, -0.2) is 18.4 Å². The fourth-order valence-corrected chi connectivity index (χ4v) is 1.39. The summed E-state index contributed by atoms with van der Waals surface area (Å²) in [6.45, 7) is 0.418. The summed E-state index contributed by atoms with van der Waals surface area (Å²) in [5.41, 5.74) is 5.78. The molecule has 16 heavy (non-hydrogen) atoms. The Labute approximate surface area is 90.7 Å². The van der Waals surface area contributed by atoms with Crippen molar-refractivity contribution in [2.24, 2.45) is 5.73 Å². The molecule has 0 bridgehead atoms. The third-order valence-corrected chi connectivity index (χ3v) is 2.21. The lowest BCUT2D eigenvalue weighted by Gasteiger charge is -2.05. The van der Waals surface area contributed by atoms with Crippen molar-refractivity contribution in [3.05, 3.63) is 47.5 Å². The summed E-state index contributed by atoms with van der Waals surface area (Å²) >= 11 is 0. The number of hydrogen-bond acceptors (Lipinski definition) is 3. The van der Waals surface area contributed by atoms with Gasteiger partial charge in [0.15, 0.2) is 0 Å². The average molecular weight is 224 g/mol. The number of hydrogen-bond donors (Lipinski definition) is 1. The van der Waals surface area contributed by atoms with Crippen LogP contribution in [0.3, 0.4) is 0 Å². The molecule has 6 heteroatoms. The second-order valence-electron chi connectivity index (χ2n) is 3.27. The highest BCUT2D eigenvalue weighted by Gasteiger charge is 2.07. The maximum atomic E-state index is 13.3. The minimum atomic E-state index is -0.599. The van der Waals surface area contributed by atoms with Crippen molar-refractivity contribution in [2.75, 3.05) is 0 Å². The van der Waals surface area contributed by atoms with E-state index in [0.29, 0.717) is 11.4 Å². The molecule has 0 saturated carbocycles. The van der Waals surface area contributed by atoms with E-state index in [1.54, 1.807) is 0 Å². The Hall–Kier alpha value is -1.82. The van der Waals surface area contributed by atoms with Crippen LogP contribution in [0.2, 0.25) is 0 Å². The molecule has 0 amide bonds. The Bertz CT molecular complexity index is 495. The molecular weight excluding hydrogens is 214 g/mol. The van der Waals surface area contributed by atoms with Gasteiger partial charge in [0, 0.05) is 11.6 Å². The summed E-state index contributed by atoms with van der Waals surface area (Å²) in [6, 6.07) is 3.43. The van der Waals surface area contributed by atoms with Crippen molar-refractivity contribution in [3.63, 3.8) is 0 Å². The molecule has 0 atom stereocenters. The van der Waals surface area contributed by atoms with Crippen LogP contribution in [-0.2, 0) is 13.1 Å². The molecule has 84 valence electrons. The standard InChI is InChI=1S/C10H10F2N4/c11-8-2-1-7(9(12)3-8)5-16-10(4-13)14-6-15-16/h1-3,6H,4-5,13H2. The highest BCUT2D eigenvalue weighted by atomic mass is 19.1. The molecule has 2 rings (SSSR count). The van der Waals surface area contributed by atoms with Gasteiger partial charge in [0.05, 0.1) is 13.1 Å². The lowest BCUT2D eigenvalue weighted by atomic mass is 10.2. The van der Waals surface area contributed by atoms with Gasteiger partial charge in [-0.15, -0.1) is 0 Å². The minimum Gasteiger partial charge on any atom is -0.324 e. The van der Waals surface area contributed by atoms with Crippen LogP contribution >= 0.6 is 0 Å². The number of rotatable bonds is 3. The zero-order chi connectivity index (χ0) is 11.5. The predicted octanol–water partition coefficient (Wildman–Crippen LogP) is 1.06. The minimum absolute atomic E-state index is 0.193. The molecule has 1 aromatic heterocycles. The SMILES string of the molecule is NCc1ncnn1Cc1ccc(F)cc1F. The van der Waals surface area contributed by atoms with Crippen molar-refractivity contribution in [3.8, 4) is 0 Å². The lowest BCUT2D eigenvalue weighted by Crippen LogP contribution is -2.11. The molecule has 0 spiro atoms. The first kappa shape index (κ1) is 10.7. The fourth-order valence-electron chi connectivity index (χ4n) is 1.39. The van der Waals surface area contributed by atoms with E-state index in [2.05, 4.69) is 10.1 Å². The normalized spacial score (nSPS) is 10.7. The molecule has 0 fully saturated rings. The molecule has 0 radical (unpaired) electrons. The molecule has 0 aliphatic heterocycles. The molecule has 0 aliphatic rings. The van der Waals surface area contributed by atoms with E-state index in [4.69, 9.17) is 5.73 Å². The Kier molecular flexibility index (Phi) is 2.91. The molecular formula is C10H10F2N4. The van der Waals surface area contributed by atoms with Crippen molar-refractivity contribution in [1.29, 1.82) is 0 Å². The number of nitrogens with two attached hydrogens (primary N) is 1. The van der Waals surface area contributed by atoms with E-state index in [1.807, 2.05) is 0 Å². The highest BCUT2D eigenvalue weighted by Crippen LogP contribution is 2.11. The van der Waals surface area contributed by atoms with Crippen LogP contribution in [0.25, 0.3) is 0 Å². The monoisotopic (exact) mass is 224 g/mol. The van der Waals surface area contributed by atoms with E-state index >= 15 is 0 Å². The van der Waals surface area contributed by atoms with Crippen molar-refractivity contribution in [1.82, 2.24) is 14.8 Å². The van der Waals surface area contributed by atoms with Gasteiger partial charge in [-0.2, -0.15) is 5.10 Å². The van der Waals surface area contributed by atoms with E-state index in [0.717, 1.165) is 6.07 Å². The zero-order valence-electron chi connectivity index (χ0n) is 8.40. The van der Waals surface area contributed by atoms with Crippen LogP contribution in [0.5, 0.6) is 0 Å². The molecule has 0 aliphatic carbocycles.